The van der Waals surface area contributed by atoms with E-state index in [4.69, 9.17) is 0 Å². The Balaban J connectivity index is 2.20. The van der Waals surface area contributed by atoms with E-state index >= 15 is 0 Å². The molecule has 4 nitrogen and oxygen atoms in total. The fourth-order valence-electron chi connectivity index (χ4n) is 1.48. The summed E-state index contributed by atoms with van der Waals surface area (Å²) in [4.78, 5) is 19.2. The van der Waals surface area contributed by atoms with Crippen LogP contribution in [-0.2, 0) is 11.3 Å². The second-order valence-corrected chi connectivity index (χ2v) is 3.70. The third kappa shape index (κ3) is 3.11. The first-order valence-corrected chi connectivity index (χ1v) is 5.35. The van der Waals surface area contributed by atoms with E-state index < -0.39 is 0 Å². The highest BCUT2D eigenvalue weighted by molar-refractivity contribution is 5.72. The summed E-state index contributed by atoms with van der Waals surface area (Å²) in [5.74, 6) is -0.0373. The van der Waals surface area contributed by atoms with Gasteiger partial charge in [0.1, 0.15) is 0 Å². The van der Waals surface area contributed by atoms with Gasteiger partial charge in [0, 0.05) is 37.6 Å². The summed E-state index contributed by atoms with van der Waals surface area (Å²) in [6.07, 6.45) is 5.23. The van der Waals surface area contributed by atoms with Crippen LogP contribution >= 0.6 is 0 Å². The summed E-state index contributed by atoms with van der Waals surface area (Å²) in [6.45, 7) is 2.02. The van der Waals surface area contributed by atoms with Gasteiger partial charge in [-0.2, -0.15) is 0 Å². The maximum atomic E-state index is 10.8. The molecular formula is C13H13N3O. The lowest BCUT2D eigenvalue weighted by molar-refractivity contribution is -0.119. The normalized spacial score (nSPS) is 9.94. The molecule has 0 bridgehead atoms. The van der Waals surface area contributed by atoms with Crippen molar-refractivity contribution in [1.29, 1.82) is 0 Å². The predicted octanol–water partition coefficient (Wildman–Crippen LogP) is 1.78. The lowest BCUT2D eigenvalue weighted by atomic mass is 10.1. The van der Waals surface area contributed by atoms with Crippen LogP contribution in [0.15, 0.2) is 42.9 Å². The fourth-order valence-corrected chi connectivity index (χ4v) is 1.48. The molecule has 0 atom stereocenters. The molecule has 2 heterocycles. The average Bonchev–Trinajstić information content (AvgIpc) is 2.38. The second-order valence-electron chi connectivity index (χ2n) is 3.70. The maximum absolute atomic E-state index is 10.8. The lowest BCUT2D eigenvalue weighted by Gasteiger charge is -2.05. The van der Waals surface area contributed by atoms with Crippen molar-refractivity contribution in [3.05, 3.63) is 48.4 Å². The van der Waals surface area contributed by atoms with Crippen LogP contribution in [0.1, 0.15) is 12.5 Å². The van der Waals surface area contributed by atoms with Gasteiger partial charge < -0.3 is 5.32 Å². The predicted molar refractivity (Wildman–Crippen MR) is 65.0 cm³/mol. The van der Waals surface area contributed by atoms with Gasteiger partial charge in [0.2, 0.25) is 5.91 Å². The van der Waals surface area contributed by atoms with Crippen molar-refractivity contribution in [3.63, 3.8) is 0 Å². The minimum atomic E-state index is -0.0373. The van der Waals surface area contributed by atoms with Crippen LogP contribution in [0.4, 0.5) is 0 Å². The zero-order valence-corrected chi connectivity index (χ0v) is 9.55. The quantitative estimate of drug-likeness (QED) is 0.869. The average molecular weight is 227 g/mol. The van der Waals surface area contributed by atoms with Crippen molar-refractivity contribution >= 4 is 5.91 Å². The number of hydrogen-bond acceptors (Lipinski definition) is 3. The number of carbonyl (C=O) groups is 1. The van der Waals surface area contributed by atoms with E-state index in [-0.39, 0.29) is 5.91 Å². The summed E-state index contributed by atoms with van der Waals surface area (Å²) in [7, 11) is 0. The second kappa shape index (κ2) is 5.21. The van der Waals surface area contributed by atoms with Crippen molar-refractivity contribution < 1.29 is 4.79 Å². The molecule has 2 aromatic heterocycles. The van der Waals surface area contributed by atoms with E-state index in [9.17, 15) is 4.79 Å². The molecule has 0 saturated carbocycles. The van der Waals surface area contributed by atoms with Gasteiger partial charge in [-0.05, 0) is 29.8 Å². The van der Waals surface area contributed by atoms with Crippen molar-refractivity contribution in [2.24, 2.45) is 0 Å². The van der Waals surface area contributed by atoms with Gasteiger partial charge >= 0.3 is 0 Å². The van der Waals surface area contributed by atoms with E-state index in [1.165, 1.54) is 6.92 Å². The number of amides is 1. The van der Waals surface area contributed by atoms with E-state index in [1.54, 1.807) is 18.6 Å². The summed E-state index contributed by atoms with van der Waals surface area (Å²) in [5, 5.41) is 2.76. The molecule has 1 amide bonds. The zero-order chi connectivity index (χ0) is 12.1. The summed E-state index contributed by atoms with van der Waals surface area (Å²) >= 11 is 0. The van der Waals surface area contributed by atoms with Crippen molar-refractivity contribution in [2.75, 3.05) is 0 Å². The third-order valence-electron chi connectivity index (χ3n) is 2.32. The standard InChI is InChI=1S/C13H13N3O/c1-10(17)16-8-11-4-6-15-13(7-11)12-3-2-5-14-9-12/h2-7,9H,8H2,1H3,(H,16,17). The fraction of sp³-hybridized carbons (Fsp3) is 0.154. The first-order chi connectivity index (χ1) is 8.25. The monoisotopic (exact) mass is 227 g/mol. The number of nitrogens with one attached hydrogen (secondary N) is 1. The van der Waals surface area contributed by atoms with Crippen molar-refractivity contribution in [3.8, 4) is 11.3 Å². The highest BCUT2D eigenvalue weighted by atomic mass is 16.1. The minimum absolute atomic E-state index is 0.0373. The summed E-state index contributed by atoms with van der Waals surface area (Å²) in [5.41, 5.74) is 2.85. The largest absolute Gasteiger partial charge is 0.352 e. The van der Waals surface area contributed by atoms with Crippen LogP contribution in [0.2, 0.25) is 0 Å². The number of aromatic nitrogens is 2. The molecule has 0 saturated heterocycles. The first kappa shape index (κ1) is 11.3. The lowest BCUT2D eigenvalue weighted by Crippen LogP contribution is -2.18. The van der Waals surface area contributed by atoms with Crippen LogP contribution in [0.5, 0.6) is 0 Å². The van der Waals surface area contributed by atoms with Gasteiger partial charge in [-0.25, -0.2) is 0 Å². The van der Waals surface area contributed by atoms with Gasteiger partial charge in [-0.3, -0.25) is 14.8 Å². The van der Waals surface area contributed by atoms with E-state index in [0.717, 1.165) is 16.8 Å². The molecule has 0 unspecified atom stereocenters. The molecule has 0 aliphatic rings. The van der Waals surface area contributed by atoms with Gasteiger partial charge in [0.25, 0.3) is 0 Å². The maximum Gasteiger partial charge on any atom is 0.217 e. The molecule has 0 aliphatic carbocycles. The third-order valence-corrected chi connectivity index (χ3v) is 2.32. The molecule has 86 valence electrons. The molecule has 1 N–H and O–H groups in total. The molecule has 0 aliphatic heterocycles. The van der Waals surface area contributed by atoms with Crippen molar-refractivity contribution in [2.45, 2.75) is 13.5 Å². The number of rotatable bonds is 3. The minimum Gasteiger partial charge on any atom is -0.352 e. The van der Waals surface area contributed by atoms with Crippen LogP contribution in [0, 0.1) is 0 Å². The number of nitrogens with zero attached hydrogens (tertiary/aromatic N) is 2. The molecule has 17 heavy (non-hydrogen) atoms. The Bertz CT molecular complexity index is 511. The van der Waals surface area contributed by atoms with Crippen LogP contribution in [0.3, 0.4) is 0 Å². The molecule has 0 spiro atoms. The molecule has 0 aromatic carbocycles. The Morgan fingerprint density at radius 1 is 1.35 bits per heavy atom. The van der Waals surface area contributed by atoms with E-state index in [1.807, 2.05) is 24.3 Å². The van der Waals surface area contributed by atoms with Gasteiger partial charge in [-0.1, -0.05) is 0 Å². The van der Waals surface area contributed by atoms with Crippen LogP contribution in [-0.4, -0.2) is 15.9 Å². The van der Waals surface area contributed by atoms with Gasteiger partial charge in [-0.15, -0.1) is 0 Å². The Hall–Kier alpha value is -2.23. The topological polar surface area (TPSA) is 54.9 Å². The molecule has 4 heteroatoms. The van der Waals surface area contributed by atoms with E-state index in [0.29, 0.717) is 6.54 Å². The molecule has 0 radical (unpaired) electrons. The number of pyridine rings is 2. The molecule has 2 aromatic rings. The molecule has 0 fully saturated rings. The highest BCUT2D eigenvalue weighted by Gasteiger charge is 2.01. The molecular weight excluding hydrogens is 214 g/mol. The van der Waals surface area contributed by atoms with Gasteiger partial charge in [0.15, 0.2) is 0 Å². The smallest absolute Gasteiger partial charge is 0.217 e. The zero-order valence-electron chi connectivity index (χ0n) is 9.55. The van der Waals surface area contributed by atoms with Crippen molar-refractivity contribution in [1.82, 2.24) is 15.3 Å². The van der Waals surface area contributed by atoms with Gasteiger partial charge in [0.05, 0.1) is 5.69 Å². The Kier molecular flexibility index (Phi) is 3.45. The van der Waals surface area contributed by atoms with E-state index in [2.05, 4.69) is 15.3 Å². The number of carbonyl (C=O) groups excluding carboxylic acids is 1. The SMILES string of the molecule is CC(=O)NCc1ccnc(-c2cccnc2)c1. The summed E-state index contributed by atoms with van der Waals surface area (Å²) < 4.78 is 0. The first-order valence-electron chi connectivity index (χ1n) is 5.35. The molecule has 2 rings (SSSR count). The highest BCUT2D eigenvalue weighted by Crippen LogP contribution is 2.15. The van der Waals surface area contributed by atoms with Crippen LogP contribution < -0.4 is 5.32 Å². The Morgan fingerprint density at radius 3 is 2.94 bits per heavy atom. The Morgan fingerprint density at radius 2 is 2.24 bits per heavy atom. The number of hydrogen-bond donors (Lipinski definition) is 1. The summed E-state index contributed by atoms with van der Waals surface area (Å²) in [6, 6.07) is 7.66. The Labute approximate surface area is 99.7 Å². The van der Waals surface area contributed by atoms with Crippen LogP contribution in [0.25, 0.3) is 11.3 Å².